The third-order valence-corrected chi connectivity index (χ3v) is 4.35. The predicted octanol–water partition coefficient (Wildman–Crippen LogP) is 4.78. The zero-order valence-corrected chi connectivity index (χ0v) is 15.9. The van der Waals surface area contributed by atoms with Crippen molar-refractivity contribution in [3.63, 3.8) is 0 Å². The molecule has 0 aromatic heterocycles. The van der Waals surface area contributed by atoms with E-state index in [0.29, 0.717) is 16.7 Å². The molecule has 1 N–H and O–H groups in total. The number of carbonyl (C=O) groups excluding carboxylic acids is 1. The Bertz CT molecular complexity index is 736. The molecule has 2 aromatic rings. The highest BCUT2D eigenvalue weighted by atomic mass is 35.5. The number of hydrogen-bond acceptors (Lipinski definition) is 3. The van der Waals surface area contributed by atoms with E-state index in [9.17, 15) is 4.79 Å². The number of ether oxygens (including phenoxy) is 2. The Morgan fingerprint density at radius 2 is 1.92 bits per heavy atom. The molecule has 0 fully saturated rings. The molecule has 0 aliphatic rings. The Kier molecular flexibility index (Phi) is 7.12. The standard InChI is InChI=1S/C19H21Cl2NO3/c1-12(17-8-7-15(20)10-18(17)21)22-19(23)13(2)25-11-14-5-4-6-16(9-14)24-3/h4-10,12-13H,11H2,1-3H3,(H,22,23). The number of benzene rings is 2. The van der Waals surface area contributed by atoms with Crippen LogP contribution in [0.5, 0.6) is 5.75 Å². The molecule has 0 radical (unpaired) electrons. The number of hydrogen-bond donors (Lipinski definition) is 1. The maximum Gasteiger partial charge on any atom is 0.249 e. The Labute approximate surface area is 158 Å². The fourth-order valence-electron chi connectivity index (χ4n) is 2.32. The van der Waals surface area contributed by atoms with Gasteiger partial charge in [0.05, 0.1) is 19.8 Å². The van der Waals surface area contributed by atoms with E-state index in [2.05, 4.69) is 5.32 Å². The Balaban J connectivity index is 1.90. The van der Waals surface area contributed by atoms with Crippen molar-refractivity contribution in [2.75, 3.05) is 7.11 Å². The van der Waals surface area contributed by atoms with Gasteiger partial charge >= 0.3 is 0 Å². The van der Waals surface area contributed by atoms with Crippen molar-refractivity contribution in [3.8, 4) is 5.75 Å². The number of carbonyl (C=O) groups is 1. The van der Waals surface area contributed by atoms with E-state index < -0.39 is 6.10 Å². The molecule has 25 heavy (non-hydrogen) atoms. The molecule has 0 spiro atoms. The first-order valence-electron chi connectivity index (χ1n) is 7.90. The lowest BCUT2D eigenvalue weighted by atomic mass is 10.1. The normalized spacial score (nSPS) is 13.2. The van der Waals surface area contributed by atoms with Gasteiger partial charge in [-0.1, -0.05) is 41.4 Å². The van der Waals surface area contributed by atoms with Crippen LogP contribution in [0.2, 0.25) is 10.0 Å². The van der Waals surface area contributed by atoms with E-state index >= 15 is 0 Å². The van der Waals surface area contributed by atoms with Crippen LogP contribution >= 0.6 is 23.2 Å². The maximum atomic E-state index is 12.3. The van der Waals surface area contributed by atoms with E-state index in [4.69, 9.17) is 32.7 Å². The van der Waals surface area contributed by atoms with Crippen molar-refractivity contribution < 1.29 is 14.3 Å². The van der Waals surface area contributed by atoms with Crippen LogP contribution in [0, 0.1) is 0 Å². The highest BCUT2D eigenvalue weighted by Gasteiger charge is 2.18. The van der Waals surface area contributed by atoms with Crippen molar-refractivity contribution in [1.29, 1.82) is 0 Å². The molecular weight excluding hydrogens is 361 g/mol. The average molecular weight is 382 g/mol. The predicted molar refractivity (Wildman–Crippen MR) is 100 cm³/mol. The molecule has 2 atom stereocenters. The lowest BCUT2D eigenvalue weighted by Gasteiger charge is -2.19. The van der Waals surface area contributed by atoms with Crippen molar-refractivity contribution in [3.05, 3.63) is 63.6 Å². The van der Waals surface area contributed by atoms with Crippen LogP contribution in [0.15, 0.2) is 42.5 Å². The van der Waals surface area contributed by atoms with Crippen LogP contribution < -0.4 is 10.1 Å². The van der Waals surface area contributed by atoms with E-state index in [-0.39, 0.29) is 11.9 Å². The number of rotatable bonds is 7. The molecule has 134 valence electrons. The summed E-state index contributed by atoms with van der Waals surface area (Å²) in [5, 5.41) is 3.98. The molecule has 0 saturated heterocycles. The summed E-state index contributed by atoms with van der Waals surface area (Å²) < 4.78 is 10.8. The van der Waals surface area contributed by atoms with Crippen molar-refractivity contribution in [1.82, 2.24) is 5.32 Å². The summed E-state index contributed by atoms with van der Waals surface area (Å²) >= 11 is 12.1. The van der Waals surface area contributed by atoms with Gasteiger partial charge in [0, 0.05) is 10.0 Å². The molecule has 0 aliphatic carbocycles. The summed E-state index contributed by atoms with van der Waals surface area (Å²) in [5.74, 6) is 0.547. The zero-order chi connectivity index (χ0) is 18.4. The highest BCUT2D eigenvalue weighted by molar-refractivity contribution is 6.35. The highest BCUT2D eigenvalue weighted by Crippen LogP contribution is 2.26. The van der Waals surface area contributed by atoms with Crippen LogP contribution in [-0.4, -0.2) is 19.1 Å². The lowest BCUT2D eigenvalue weighted by molar-refractivity contribution is -0.133. The maximum absolute atomic E-state index is 12.3. The minimum Gasteiger partial charge on any atom is -0.497 e. The molecule has 2 rings (SSSR count). The van der Waals surface area contributed by atoms with Gasteiger partial charge in [-0.2, -0.15) is 0 Å². The van der Waals surface area contributed by atoms with E-state index in [0.717, 1.165) is 16.9 Å². The van der Waals surface area contributed by atoms with Crippen LogP contribution in [-0.2, 0) is 16.1 Å². The average Bonchev–Trinajstić information content (AvgIpc) is 2.59. The Morgan fingerprint density at radius 1 is 1.16 bits per heavy atom. The Hall–Kier alpha value is -1.75. The van der Waals surface area contributed by atoms with Gasteiger partial charge in [-0.25, -0.2) is 0 Å². The molecule has 0 aliphatic heterocycles. The van der Waals surface area contributed by atoms with Crippen LogP contribution in [0.4, 0.5) is 0 Å². The fraction of sp³-hybridized carbons (Fsp3) is 0.316. The van der Waals surface area contributed by atoms with Gasteiger partial charge < -0.3 is 14.8 Å². The van der Waals surface area contributed by atoms with Gasteiger partial charge in [-0.05, 0) is 49.2 Å². The molecular formula is C19H21Cl2NO3. The van der Waals surface area contributed by atoms with Gasteiger partial charge in [0.15, 0.2) is 0 Å². The second-order valence-electron chi connectivity index (χ2n) is 5.70. The van der Waals surface area contributed by atoms with Gasteiger partial charge in [0.2, 0.25) is 5.91 Å². The van der Waals surface area contributed by atoms with Gasteiger partial charge in [-0.15, -0.1) is 0 Å². The van der Waals surface area contributed by atoms with E-state index in [1.807, 2.05) is 31.2 Å². The number of nitrogens with one attached hydrogen (secondary N) is 1. The summed E-state index contributed by atoms with van der Waals surface area (Å²) in [5.41, 5.74) is 1.74. The van der Waals surface area contributed by atoms with Crippen molar-refractivity contribution in [2.24, 2.45) is 0 Å². The third kappa shape index (κ3) is 5.63. The van der Waals surface area contributed by atoms with Gasteiger partial charge in [-0.3, -0.25) is 4.79 Å². The summed E-state index contributed by atoms with van der Waals surface area (Å²) in [6.45, 7) is 3.90. The van der Waals surface area contributed by atoms with Gasteiger partial charge in [0.25, 0.3) is 0 Å². The minimum atomic E-state index is -0.597. The molecule has 0 heterocycles. The largest absolute Gasteiger partial charge is 0.497 e. The molecule has 0 saturated carbocycles. The fourth-order valence-corrected chi connectivity index (χ4v) is 2.89. The van der Waals surface area contributed by atoms with Gasteiger partial charge in [0.1, 0.15) is 11.9 Å². The van der Waals surface area contributed by atoms with Crippen LogP contribution in [0.3, 0.4) is 0 Å². The number of halogens is 2. The first-order valence-corrected chi connectivity index (χ1v) is 8.66. The monoisotopic (exact) mass is 381 g/mol. The molecule has 2 aromatic carbocycles. The van der Waals surface area contributed by atoms with Crippen molar-refractivity contribution in [2.45, 2.75) is 32.6 Å². The smallest absolute Gasteiger partial charge is 0.249 e. The summed E-state index contributed by atoms with van der Waals surface area (Å²) in [6, 6.07) is 12.5. The van der Waals surface area contributed by atoms with E-state index in [1.165, 1.54) is 0 Å². The van der Waals surface area contributed by atoms with Crippen LogP contribution in [0.1, 0.15) is 31.0 Å². The molecule has 2 unspecified atom stereocenters. The summed E-state index contributed by atoms with van der Waals surface area (Å²) in [4.78, 5) is 12.3. The minimum absolute atomic E-state index is 0.207. The SMILES string of the molecule is COc1cccc(COC(C)C(=O)NC(C)c2ccc(Cl)cc2Cl)c1. The quantitative estimate of drug-likeness (QED) is 0.750. The molecule has 4 nitrogen and oxygen atoms in total. The zero-order valence-electron chi connectivity index (χ0n) is 14.4. The second kappa shape index (κ2) is 9.09. The number of amides is 1. The summed E-state index contributed by atoms with van der Waals surface area (Å²) in [7, 11) is 1.61. The third-order valence-electron chi connectivity index (χ3n) is 3.79. The topological polar surface area (TPSA) is 47.6 Å². The van der Waals surface area contributed by atoms with Crippen molar-refractivity contribution >= 4 is 29.1 Å². The molecule has 0 bridgehead atoms. The lowest BCUT2D eigenvalue weighted by Crippen LogP contribution is -2.36. The summed E-state index contributed by atoms with van der Waals surface area (Å²) in [6.07, 6.45) is -0.597. The second-order valence-corrected chi connectivity index (χ2v) is 6.54. The number of methoxy groups -OCH3 is 1. The molecule has 6 heteroatoms. The first kappa shape index (κ1) is 19.6. The van der Waals surface area contributed by atoms with E-state index in [1.54, 1.807) is 32.2 Å². The molecule has 1 amide bonds. The Morgan fingerprint density at radius 3 is 2.60 bits per heavy atom. The first-order chi connectivity index (χ1) is 11.9. The van der Waals surface area contributed by atoms with Crippen LogP contribution in [0.25, 0.3) is 0 Å².